The molecule has 0 heterocycles. The SMILES string of the molecule is CCCCN=CCCCCC=O. The number of rotatable bonds is 8. The molecule has 2 heteroatoms. The van der Waals surface area contributed by atoms with Gasteiger partial charge < -0.3 is 4.79 Å². The van der Waals surface area contributed by atoms with Crippen LogP contribution in [0, 0.1) is 0 Å². The monoisotopic (exact) mass is 169 g/mol. The molecule has 0 unspecified atom stereocenters. The zero-order chi connectivity index (χ0) is 9.07. The van der Waals surface area contributed by atoms with Crippen LogP contribution in [0.5, 0.6) is 0 Å². The minimum Gasteiger partial charge on any atom is -0.303 e. The predicted molar refractivity (Wildman–Crippen MR) is 52.8 cm³/mol. The lowest BCUT2D eigenvalue weighted by molar-refractivity contribution is -0.107. The van der Waals surface area contributed by atoms with E-state index in [-0.39, 0.29) is 0 Å². The van der Waals surface area contributed by atoms with E-state index < -0.39 is 0 Å². The Morgan fingerprint density at radius 3 is 2.58 bits per heavy atom. The van der Waals surface area contributed by atoms with Crippen LogP contribution >= 0.6 is 0 Å². The summed E-state index contributed by atoms with van der Waals surface area (Å²) in [5.41, 5.74) is 0. The molecule has 0 rings (SSSR count). The topological polar surface area (TPSA) is 29.4 Å². The third-order valence-corrected chi connectivity index (χ3v) is 1.68. The lowest BCUT2D eigenvalue weighted by Crippen LogP contribution is -1.83. The van der Waals surface area contributed by atoms with Gasteiger partial charge in [0.05, 0.1) is 0 Å². The molecule has 0 aliphatic heterocycles. The van der Waals surface area contributed by atoms with Gasteiger partial charge in [0.15, 0.2) is 0 Å². The molecule has 0 aromatic heterocycles. The highest BCUT2D eigenvalue weighted by Gasteiger charge is 1.84. The van der Waals surface area contributed by atoms with Crippen molar-refractivity contribution in [2.24, 2.45) is 4.99 Å². The van der Waals surface area contributed by atoms with Crippen molar-refractivity contribution < 1.29 is 4.79 Å². The van der Waals surface area contributed by atoms with Gasteiger partial charge in [0, 0.05) is 13.0 Å². The largest absolute Gasteiger partial charge is 0.303 e. The fourth-order valence-electron chi connectivity index (χ4n) is 0.895. The first-order valence-corrected chi connectivity index (χ1v) is 4.83. The van der Waals surface area contributed by atoms with Gasteiger partial charge in [-0.3, -0.25) is 4.99 Å². The number of hydrogen-bond acceptors (Lipinski definition) is 2. The van der Waals surface area contributed by atoms with Crippen molar-refractivity contribution in [3.05, 3.63) is 0 Å². The number of carbonyl (C=O) groups excluding carboxylic acids is 1. The van der Waals surface area contributed by atoms with Crippen LogP contribution in [0.2, 0.25) is 0 Å². The van der Waals surface area contributed by atoms with E-state index in [2.05, 4.69) is 11.9 Å². The van der Waals surface area contributed by atoms with E-state index in [4.69, 9.17) is 0 Å². The van der Waals surface area contributed by atoms with E-state index in [0.29, 0.717) is 6.42 Å². The molecule has 0 saturated heterocycles. The minimum absolute atomic E-state index is 0.697. The van der Waals surface area contributed by atoms with E-state index in [1.165, 1.54) is 12.8 Å². The minimum atomic E-state index is 0.697. The van der Waals surface area contributed by atoms with Crippen molar-refractivity contribution >= 4 is 12.5 Å². The number of hydrogen-bond donors (Lipinski definition) is 0. The first-order chi connectivity index (χ1) is 5.91. The van der Waals surface area contributed by atoms with Gasteiger partial charge in [-0.25, -0.2) is 0 Å². The molecule has 0 aromatic rings. The molecule has 0 aliphatic carbocycles. The molecule has 70 valence electrons. The van der Waals surface area contributed by atoms with Crippen LogP contribution in [0.3, 0.4) is 0 Å². The van der Waals surface area contributed by atoms with Crippen molar-refractivity contribution in [2.45, 2.75) is 45.4 Å². The molecule has 0 N–H and O–H groups in total. The zero-order valence-electron chi connectivity index (χ0n) is 7.96. The normalized spacial score (nSPS) is 10.8. The van der Waals surface area contributed by atoms with Gasteiger partial charge in [-0.05, 0) is 31.9 Å². The smallest absolute Gasteiger partial charge is 0.119 e. The maximum atomic E-state index is 9.95. The van der Waals surface area contributed by atoms with Gasteiger partial charge >= 0.3 is 0 Å². The van der Waals surface area contributed by atoms with Crippen LogP contribution in [0.25, 0.3) is 0 Å². The summed E-state index contributed by atoms with van der Waals surface area (Å²) in [5.74, 6) is 0. The summed E-state index contributed by atoms with van der Waals surface area (Å²) < 4.78 is 0. The molecule has 12 heavy (non-hydrogen) atoms. The highest BCUT2D eigenvalue weighted by Crippen LogP contribution is 1.95. The first kappa shape index (κ1) is 11.3. The maximum Gasteiger partial charge on any atom is 0.119 e. The standard InChI is InChI=1S/C10H19NO/c1-2-3-8-11-9-6-4-5-7-10-12/h9-10H,2-8H2,1H3. The Morgan fingerprint density at radius 2 is 1.92 bits per heavy atom. The molecule has 0 atom stereocenters. The molecule has 0 spiro atoms. The molecule has 0 fully saturated rings. The molecule has 0 saturated carbocycles. The van der Waals surface area contributed by atoms with Crippen molar-refractivity contribution in [3.8, 4) is 0 Å². The Kier molecular flexibility index (Phi) is 9.77. The predicted octanol–water partition coefficient (Wildman–Crippen LogP) is 2.62. The van der Waals surface area contributed by atoms with Crippen LogP contribution in [-0.4, -0.2) is 19.0 Å². The van der Waals surface area contributed by atoms with Gasteiger partial charge in [-0.15, -0.1) is 0 Å². The van der Waals surface area contributed by atoms with Crippen LogP contribution in [0.4, 0.5) is 0 Å². The lowest BCUT2D eigenvalue weighted by Gasteiger charge is -1.91. The van der Waals surface area contributed by atoms with Crippen molar-refractivity contribution in [1.82, 2.24) is 0 Å². The molecule has 0 bridgehead atoms. The van der Waals surface area contributed by atoms with Crippen LogP contribution in [0.1, 0.15) is 45.4 Å². The summed E-state index contributed by atoms with van der Waals surface area (Å²) in [4.78, 5) is 14.2. The Bertz CT molecular complexity index is 121. The number of carbonyl (C=O) groups is 1. The van der Waals surface area contributed by atoms with Gasteiger partial charge in [0.1, 0.15) is 6.29 Å². The van der Waals surface area contributed by atoms with Crippen LogP contribution in [0.15, 0.2) is 4.99 Å². The summed E-state index contributed by atoms with van der Waals surface area (Å²) in [6, 6.07) is 0. The lowest BCUT2D eigenvalue weighted by atomic mass is 10.2. The van der Waals surface area contributed by atoms with Gasteiger partial charge in [0.2, 0.25) is 0 Å². The zero-order valence-corrected chi connectivity index (χ0v) is 7.96. The fraction of sp³-hybridized carbons (Fsp3) is 0.800. The van der Waals surface area contributed by atoms with E-state index in [9.17, 15) is 4.79 Å². The Morgan fingerprint density at radius 1 is 1.17 bits per heavy atom. The maximum absolute atomic E-state index is 9.95. The molecular formula is C10H19NO. The Balaban J connectivity index is 2.97. The van der Waals surface area contributed by atoms with Crippen molar-refractivity contribution in [2.75, 3.05) is 6.54 Å². The van der Waals surface area contributed by atoms with Crippen molar-refractivity contribution in [3.63, 3.8) is 0 Å². The first-order valence-electron chi connectivity index (χ1n) is 4.83. The Labute approximate surface area is 75.1 Å². The second-order valence-electron chi connectivity index (χ2n) is 2.89. The second-order valence-corrected chi connectivity index (χ2v) is 2.89. The average molecular weight is 169 g/mol. The molecule has 0 aliphatic rings. The number of nitrogens with zero attached hydrogens (tertiary/aromatic N) is 1. The van der Waals surface area contributed by atoms with Gasteiger partial charge in [0.25, 0.3) is 0 Å². The highest BCUT2D eigenvalue weighted by molar-refractivity contribution is 5.57. The summed E-state index contributed by atoms with van der Waals surface area (Å²) in [5, 5.41) is 0. The molecule has 0 radical (unpaired) electrons. The molecule has 0 aromatic carbocycles. The van der Waals surface area contributed by atoms with E-state index in [1.54, 1.807) is 0 Å². The van der Waals surface area contributed by atoms with Crippen LogP contribution < -0.4 is 0 Å². The number of unbranched alkanes of at least 4 members (excludes halogenated alkanes) is 4. The number of aliphatic imine (C=N–C) groups is 1. The van der Waals surface area contributed by atoms with Crippen molar-refractivity contribution in [1.29, 1.82) is 0 Å². The highest BCUT2D eigenvalue weighted by atomic mass is 16.1. The van der Waals surface area contributed by atoms with Gasteiger partial charge in [-0.2, -0.15) is 0 Å². The van der Waals surface area contributed by atoms with Gasteiger partial charge in [-0.1, -0.05) is 13.3 Å². The molecule has 2 nitrogen and oxygen atoms in total. The van der Waals surface area contributed by atoms with Crippen LogP contribution in [-0.2, 0) is 4.79 Å². The second kappa shape index (κ2) is 10.3. The summed E-state index contributed by atoms with van der Waals surface area (Å²) in [6.45, 7) is 3.13. The summed E-state index contributed by atoms with van der Waals surface area (Å²) in [7, 11) is 0. The average Bonchev–Trinajstić information content (AvgIpc) is 2.10. The molecule has 0 amide bonds. The van der Waals surface area contributed by atoms with E-state index in [1.807, 2.05) is 6.21 Å². The quantitative estimate of drug-likeness (QED) is 0.312. The summed E-state index contributed by atoms with van der Waals surface area (Å²) in [6.07, 6.45) is 9.18. The third-order valence-electron chi connectivity index (χ3n) is 1.68. The van der Waals surface area contributed by atoms with E-state index >= 15 is 0 Å². The molecular weight excluding hydrogens is 150 g/mol. The van der Waals surface area contributed by atoms with E-state index in [0.717, 1.165) is 32.1 Å². The fourth-order valence-corrected chi connectivity index (χ4v) is 0.895. The Hall–Kier alpha value is -0.660. The number of aldehydes is 1. The summed E-state index contributed by atoms with van der Waals surface area (Å²) >= 11 is 0. The third kappa shape index (κ3) is 9.34.